The lowest BCUT2D eigenvalue weighted by Crippen LogP contribution is -2.02. The van der Waals surface area contributed by atoms with Crippen LogP contribution in [-0.4, -0.2) is 9.55 Å². The summed E-state index contributed by atoms with van der Waals surface area (Å²) >= 11 is 0. The van der Waals surface area contributed by atoms with Crippen molar-refractivity contribution in [2.75, 3.05) is 0 Å². The third-order valence-corrected chi connectivity index (χ3v) is 2.73. The van der Waals surface area contributed by atoms with Gasteiger partial charge < -0.3 is 4.57 Å². The van der Waals surface area contributed by atoms with Crippen LogP contribution in [0.15, 0.2) is 12.1 Å². The first-order chi connectivity index (χ1) is 7.65. The summed E-state index contributed by atoms with van der Waals surface area (Å²) in [6.45, 7) is 4.55. The average molecular weight is 224 g/mol. The van der Waals surface area contributed by atoms with Gasteiger partial charge in [-0.25, -0.2) is 13.8 Å². The standard InChI is InChI=1S/C12H14F2N2/c1-3-4-7-16-8(2)15-10-6-5-9(13)11(14)12(10)16/h5-6H,3-4,7H2,1-2H3. The number of halogens is 2. The van der Waals surface area contributed by atoms with E-state index in [0.29, 0.717) is 12.1 Å². The zero-order valence-corrected chi connectivity index (χ0v) is 9.43. The van der Waals surface area contributed by atoms with Gasteiger partial charge in [-0.05, 0) is 25.5 Å². The van der Waals surface area contributed by atoms with Crippen molar-refractivity contribution < 1.29 is 8.78 Å². The zero-order chi connectivity index (χ0) is 11.7. The molecule has 2 rings (SSSR count). The topological polar surface area (TPSA) is 17.8 Å². The molecule has 0 aliphatic rings. The number of aromatic nitrogens is 2. The summed E-state index contributed by atoms with van der Waals surface area (Å²) in [6, 6.07) is 2.64. The molecule has 16 heavy (non-hydrogen) atoms. The van der Waals surface area contributed by atoms with Crippen LogP contribution in [0.2, 0.25) is 0 Å². The van der Waals surface area contributed by atoms with Crippen molar-refractivity contribution in [3.05, 3.63) is 29.6 Å². The summed E-state index contributed by atoms with van der Waals surface area (Å²) in [5, 5.41) is 0. The number of imidazole rings is 1. The van der Waals surface area contributed by atoms with Crippen molar-refractivity contribution in [1.29, 1.82) is 0 Å². The molecular formula is C12H14F2N2. The lowest BCUT2D eigenvalue weighted by atomic mass is 10.2. The molecule has 2 nitrogen and oxygen atoms in total. The van der Waals surface area contributed by atoms with E-state index in [1.165, 1.54) is 6.07 Å². The number of unbranched alkanes of at least 4 members (excludes halogenated alkanes) is 1. The molecule has 0 saturated carbocycles. The first-order valence-electron chi connectivity index (χ1n) is 5.46. The Hall–Kier alpha value is -1.45. The van der Waals surface area contributed by atoms with Crippen LogP contribution in [0.25, 0.3) is 11.0 Å². The molecule has 1 heterocycles. The number of rotatable bonds is 3. The number of nitrogens with zero attached hydrogens (tertiary/aromatic N) is 2. The van der Waals surface area contributed by atoms with Crippen LogP contribution in [0, 0.1) is 18.6 Å². The van der Waals surface area contributed by atoms with Crippen molar-refractivity contribution >= 4 is 11.0 Å². The zero-order valence-electron chi connectivity index (χ0n) is 9.43. The highest BCUT2D eigenvalue weighted by atomic mass is 19.2. The predicted octanol–water partition coefficient (Wildman–Crippen LogP) is 3.42. The minimum Gasteiger partial charge on any atom is -0.326 e. The maximum Gasteiger partial charge on any atom is 0.184 e. The first kappa shape index (κ1) is 11.0. The van der Waals surface area contributed by atoms with Gasteiger partial charge in [0.05, 0.1) is 5.52 Å². The van der Waals surface area contributed by atoms with E-state index in [4.69, 9.17) is 0 Å². The molecule has 1 aromatic carbocycles. The summed E-state index contributed by atoms with van der Waals surface area (Å²) in [4.78, 5) is 4.22. The predicted molar refractivity (Wildman–Crippen MR) is 59.3 cm³/mol. The number of hydrogen-bond donors (Lipinski definition) is 0. The third kappa shape index (κ3) is 1.68. The summed E-state index contributed by atoms with van der Waals surface area (Å²) in [6.07, 6.45) is 1.94. The number of hydrogen-bond acceptors (Lipinski definition) is 1. The Morgan fingerprint density at radius 1 is 1.31 bits per heavy atom. The minimum atomic E-state index is -0.815. The highest BCUT2D eigenvalue weighted by molar-refractivity contribution is 5.76. The van der Waals surface area contributed by atoms with Gasteiger partial charge in [-0.2, -0.15) is 0 Å². The van der Waals surface area contributed by atoms with E-state index in [-0.39, 0.29) is 5.52 Å². The minimum absolute atomic E-state index is 0.283. The summed E-state index contributed by atoms with van der Waals surface area (Å²) in [5.74, 6) is -0.882. The van der Waals surface area contributed by atoms with Gasteiger partial charge in [0.15, 0.2) is 11.6 Å². The van der Waals surface area contributed by atoms with E-state index in [1.807, 2.05) is 6.92 Å². The molecule has 1 aromatic heterocycles. The fourth-order valence-corrected chi connectivity index (χ4v) is 1.86. The fraction of sp³-hybridized carbons (Fsp3) is 0.417. The van der Waals surface area contributed by atoms with Gasteiger partial charge >= 0.3 is 0 Å². The molecule has 0 radical (unpaired) electrons. The molecule has 0 bridgehead atoms. The molecule has 2 aromatic rings. The molecule has 4 heteroatoms. The number of aryl methyl sites for hydroxylation is 2. The Morgan fingerprint density at radius 3 is 2.75 bits per heavy atom. The van der Waals surface area contributed by atoms with Gasteiger partial charge in [-0.1, -0.05) is 13.3 Å². The van der Waals surface area contributed by atoms with Crippen LogP contribution < -0.4 is 0 Å². The number of benzene rings is 1. The summed E-state index contributed by atoms with van der Waals surface area (Å²) < 4.78 is 28.6. The van der Waals surface area contributed by atoms with E-state index in [1.54, 1.807) is 4.57 Å². The Balaban J connectivity index is 2.61. The van der Waals surface area contributed by atoms with Gasteiger partial charge in [0.2, 0.25) is 0 Å². The normalized spacial score (nSPS) is 11.2. The molecular weight excluding hydrogens is 210 g/mol. The Morgan fingerprint density at radius 2 is 2.06 bits per heavy atom. The van der Waals surface area contributed by atoms with Gasteiger partial charge in [0.1, 0.15) is 11.3 Å². The second-order valence-electron chi connectivity index (χ2n) is 3.89. The second-order valence-corrected chi connectivity index (χ2v) is 3.89. The monoisotopic (exact) mass is 224 g/mol. The van der Waals surface area contributed by atoms with Crippen molar-refractivity contribution in [1.82, 2.24) is 9.55 Å². The van der Waals surface area contributed by atoms with Crippen LogP contribution >= 0.6 is 0 Å². The number of fused-ring (bicyclic) bond motifs is 1. The fourth-order valence-electron chi connectivity index (χ4n) is 1.86. The van der Waals surface area contributed by atoms with Gasteiger partial charge in [0, 0.05) is 6.54 Å². The van der Waals surface area contributed by atoms with E-state index in [9.17, 15) is 8.78 Å². The van der Waals surface area contributed by atoms with Crippen LogP contribution in [0.5, 0.6) is 0 Å². The third-order valence-electron chi connectivity index (χ3n) is 2.73. The smallest absolute Gasteiger partial charge is 0.184 e. The van der Waals surface area contributed by atoms with Crippen LogP contribution in [-0.2, 0) is 6.54 Å². The maximum absolute atomic E-state index is 13.7. The lowest BCUT2D eigenvalue weighted by molar-refractivity contribution is 0.509. The molecule has 0 aliphatic carbocycles. The summed E-state index contributed by atoms with van der Waals surface area (Å²) in [7, 11) is 0. The average Bonchev–Trinajstić information content (AvgIpc) is 2.58. The van der Waals surface area contributed by atoms with E-state index >= 15 is 0 Å². The molecule has 0 unspecified atom stereocenters. The van der Waals surface area contributed by atoms with E-state index in [0.717, 1.165) is 24.7 Å². The van der Waals surface area contributed by atoms with Crippen molar-refractivity contribution in [3.63, 3.8) is 0 Å². The van der Waals surface area contributed by atoms with Crippen molar-refractivity contribution in [2.24, 2.45) is 0 Å². The Bertz CT molecular complexity index is 517. The molecule has 0 atom stereocenters. The van der Waals surface area contributed by atoms with Crippen LogP contribution in [0.3, 0.4) is 0 Å². The van der Waals surface area contributed by atoms with Crippen molar-refractivity contribution in [3.8, 4) is 0 Å². The van der Waals surface area contributed by atoms with E-state index in [2.05, 4.69) is 11.9 Å². The lowest BCUT2D eigenvalue weighted by Gasteiger charge is -2.06. The Labute approximate surface area is 92.9 Å². The SMILES string of the molecule is CCCCn1c(C)nc2ccc(F)c(F)c21. The molecule has 0 N–H and O–H groups in total. The summed E-state index contributed by atoms with van der Waals surface area (Å²) in [5.41, 5.74) is 0.804. The molecule has 0 aliphatic heterocycles. The highest BCUT2D eigenvalue weighted by Gasteiger charge is 2.14. The van der Waals surface area contributed by atoms with Gasteiger partial charge in [-0.15, -0.1) is 0 Å². The molecule has 86 valence electrons. The molecule has 0 spiro atoms. The highest BCUT2D eigenvalue weighted by Crippen LogP contribution is 2.22. The van der Waals surface area contributed by atoms with E-state index < -0.39 is 11.6 Å². The Kier molecular flexibility index (Phi) is 2.90. The second kappa shape index (κ2) is 4.20. The van der Waals surface area contributed by atoms with Crippen LogP contribution in [0.1, 0.15) is 25.6 Å². The maximum atomic E-state index is 13.7. The largest absolute Gasteiger partial charge is 0.326 e. The molecule has 0 fully saturated rings. The van der Waals surface area contributed by atoms with Gasteiger partial charge in [0.25, 0.3) is 0 Å². The van der Waals surface area contributed by atoms with Crippen LogP contribution in [0.4, 0.5) is 8.78 Å². The van der Waals surface area contributed by atoms with Crippen molar-refractivity contribution in [2.45, 2.75) is 33.2 Å². The molecule has 0 saturated heterocycles. The first-order valence-corrected chi connectivity index (χ1v) is 5.46. The molecule has 0 amide bonds. The van der Waals surface area contributed by atoms with Gasteiger partial charge in [-0.3, -0.25) is 0 Å². The quantitative estimate of drug-likeness (QED) is 0.781.